The van der Waals surface area contributed by atoms with Crippen LogP contribution in [0.2, 0.25) is 6.82 Å². The average molecular weight is 478 g/mol. The third kappa shape index (κ3) is 3.99. The van der Waals surface area contributed by atoms with Gasteiger partial charge in [0.15, 0.2) is 0 Å². The Balaban J connectivity index is 1.79. The lowest BCUT2D eigenvalue weighted by molar-refractivity contribution is -0.136. The number of rotatable bonds is 8. The predicted octanol–water partition coefficient (Wildman–Crippen LogP) is 6.07. The molecule has 5 rings (SSSR count). The Morgan fingerprint density at radius 2 is 0.750 bits per heavy atom. The largest absolute Gasteiger partial charge is 0.454 e. The van der Waals surface area contributed by atoms with Crippen LogP contribution in [0.15, 0.2) is 121 Å². The van der Waals surface area contributed by atoms with Gasteiger partial charge in [-0.3, -0.25) is 0 Å². The van der Waals surface area contributed by atoms with Crippen molar-refractivity contribution in [2.75, 3.05) is 14.2 Å². The monoisotopic (exact) mass is 478 g/mol. The molecule has 1 saturated heterocycles. The summed E-state index contributed by atoms with van der Waals surface area (Å²) in [6.07, 6.45) is -1.08. The van der Waals surface area contributed by atoms with Crippen molar-refractivity contribution in [2.24, 2.45) is 0 Å². The minimum absolute atomic E-state index is 0.469. The smallest absolute Gasteiger partial charge is 0.402 e. The minimum atomic E-state index is -0.953. The first-order valence-electron chi connectivity index (χ1n) is 12.3. The molecule has 0 radical (unpaired) electrons. The van der Waals surface area contributed by atoms with Crippen molar-refractivity contribution >= 4 is 7.12 Å². The standard InChI is InChI=1S/C31H31BO4/c1-32-35-28(30(33-2,24-16-8-4-9-17-24)25-18-10-5-11-19-25)29(36-32)31(34-3,26-20-12-6-13-21-26)27-22-14-7-15-23-27/h4-23,28-29H,1-3H3/t28-,29-/m0/s1. The summed E-state index contributed by atoms with van der Waals surface area (Å²) in [5, 5.41) is 0. The summed E-state index contributed by atoms with van der Waals surface area (Å²) < 4.78 is 26.4. The van der Waals surface area contributed by atoms with E-state index in [-0.39, 0.29) is 0 Å². The zero-order chi connectivity index (χ0) is 25.0. The number of benzene rings is 4. The first kappa shape index (κ1) is 24.5. The highest BCUT2D eigenvalue weighted by molar-refractivity contribution is 6.43. The fourth-order valence-electron chi connectivity index (χ4n) is 5.64. The van der Waals surface area contributed by atoms with E-state index >= 15 is 0 Å². The van der Waals surface area contributed by atoms with Gasteiger partial charge in [0.1, 0.15) is 23.4 Å². The summed E-state index contributed by atoms with van der Waals surface area (Å²) in [5.74, 6) is 0. The fraction of sp³-hybridized carbons (Fsp3) is 0.226. The second-order valence-electron chi connectivity index (χ2n) is 9.02. The van der Waals surface area contributed by atoms with Gasteiger partial charge in [-0.05, 0) is 29.1 Å². The van der Waals surface area contributed by atoms with Gasteiger partial charge >= 0.3 is 7.12 Å². The maximum Gasteiger partial charge on any atom is 0.454 e. The van der Waals surface area contributed by atoms with Crippen molar-refractivity contribution in [3.05, 3.63) is 144 Å². The lowest BCUT2D eigenvalue weighted by Gasteiger charge is -2.47. The molecule has 1 heterocycles. The molecule has 2 atom stereocenters. The van der Waals surface area contributed by atoms with E-state index in [1.54, 1.807) is 14.2 Å². The molecule has 0 amide bonds. The van der Waals surface area contributed by atoms with E-state index in [2.05, 4.69) is 48.5 Å². The Morgan fingerprint density at radius 1 is 0.500 bits per heavy atom. The van der Waals surface area contributed by atoms with E-state index in [9.17, 15) is 0 Å². The molecule has 0 spiro atoms. The highest BCUT2D eigenvalue weighted by Crippen LogP contribution is 2.50. The molecule has 0 unspecified atom stereocenters. The van der Waals surface area contributed by atoms with Crippen molar-refractivity contribution in [3.8, 4) is 0 Å². The minimum Gasteiger partial charge on any atom is -0.402 e. The van der Waals surface area contributed by atoms with E-state index in [0.29, 0.717) is 0 Å². The Labute approximate surface area is 213 Å². The maximum absolute atomic E-state index is 6.66. The molecule has 36 heavy (non-hydrogen) atoms. The van der Waals surface area contributed by atoms with Crippen LogP contribution in [-0.4, -0.2) is 33.5 Å². The van der Waals surface area contributed by atoms with Gasteiger partial charge < -0.3 is 18.8 Å². The highest BCUT2D eigenvalue weighted by Gasteiger charge is 2.60. The van der Waals surface area contributed by atoms with E-state index in [1.165, 1.54) is 0 Å². The molecule has 4 nitrogen and oxygen atoms in total. The van der Waals surface area contributed by atoms with Crippen molar-refractivity contribution in [2.45, 2.75) is 30.2 Å². The first-order valence-corrected chi connectivity index (χ1v) is 12.3. The van der Waals surface area contributed by atoms with E-state index in [0.717, 1.165) is 22.3 Å². The van der Waals surface area contributed by atoms with Crippen LogP contribution in [0.1, 0.15) is 22.3 Å². The van der Waals surface area contributed by atoms with Crippen LogP contribution in [0.4, 0.5) is 0 Å². The van der Waals surface area contributed by atoms with Crippen molar-refractivity contribution < 1.29 is 18.8 Å². The van der Waals surface area contributed by atoms with Crippen molar-refractivity contribution in [1.82, 2.24) is 0 Å². The summed E-state index contributed by atoms with van der Waals surface area (Å²) in [5.41, 5.74) is 2.03. The van der Waals surface area contributed by atoms with Crippen LogP contribution in [0.3, 0.4) is 0 Å². The normalized spacial score (nSPS) is 18.4. The molecule has 0 aromatic heterocycles. The van der Waals surface area contributed by atoms with Gasteiger partial charge in [-0.25, -0.2) is 0 Å². The Bertz CT molecular complexity index is 1060. The zero-order valence-electron chi connectivity index (χ0n) is 20.9. The summed E-state index contributed by atoms with van der Waals surface area (Å²) >= 11 is 0. The van der Waals surface area contributed by atoms with Gasteiger partial charge in [-0.2, -0.15) is 0 Å². The van der Waals surface area contributed by atoms with Crippen LogP contribution in [0.25, 0.3) is 0 Å². The maximum atomic E-state index is 6.66. The van der Waals surface area contributed by atoms with E-state index in [4.69, 9.17) is 18.8 Å². The van der Waals surface area contributed by atoms with E-state index < -0.39 is 30.5 Å². The van der Waals surface area contributed by atoms with Gasteiger partial charge in [0, 0.05) is 14.2 Å². The van der Waals surface area contributed by atoms with Crippen molar-refractivity contribution in [1.29, 1.82) is 0 Å². The van der Waals surface area contributed by atoms with Crippen LogP contribution < -0.4 is 0 Å². The van der Waals surface area contributed by atoms with Crippen LogP contribution in [-0.2, 0) is 30.0 Å². The number of hydrogen-bond acceptors (Lipinski definition) is 4. The second-order valence-corrected chi connectivity index (χ2v) is 9.02. The Morgan fingerprint density at radius 3 is 0.972 bits per heavy atom. The summed E-state index contributed by atoms with van der Waals surface area (Å²) in [7, 11) is 3.01. The van der Waals surface area contributed by atoms with Gasteiger partial charge in [0.05, 0.1) is 0 Å². The molecule has 4 aromatic carbocycles. The predicted molar refractivity (Wildman–Crippen MR) is 143 cm³/mol. The third-order valence-corrected chi connectivity index (χ3v) is 7.21. The van der Waals surface area contributed by atoms with Gasteiger partial charge in [0.2, 0.25) is 0 Å². The summed E-state index contributed by atoms with van der Waals surface area (Å²) in [6, 6.07) is 40.9. The molecule has 0 saturated carbocycles. The van der Waals surface area contributed by atoms with Crippen LogP contribution in [0, 0.1) is 0 Å². The third-order valence-electron chi connectivity index (χ3n) is 7.21. The highest BCUT2D eigenvalue weighted by atomic mass is 16.7. The molecule has 182 valence electrons. The van der Waals surface area contributed by atoms with Gasteiger partial charge in [0.25, 0.3) is 0 Å². The number of hydrogen-bond donors (Lipinski definition) is 0. The molecular weight excluding hydrogens is 447 g/mol. The molecule has 1 aliphatic rings. The fourth-order valence-corrected chi connectivity index (χ4v) is 5.64. The van der Waals surface area contributed by atoms with Crippen LogP contribution in [0.5, 0.6) is 0 Å². The lowest BCUT2D eigenvalue weighted by atomic mass is 9.71. The van der Waals surface area contributed by atoms with Gasteiger partial charge in [-0.15, -0.1) is 0 Å². The molecule has 4 aromatic rings. The average Bonchev–Trinajstić information content (AvgIpc) is 3.34. The summed E-state index contributed by atoms with van der Waals surface area (Å²) in [6.45, 7) is 1.93. The number of methoxy groups -OCH3 is 2. The summed E-state index contributed by atoms with van der Waals surface area (Å²) in [4.78, 5) is 0. The second kappa shape index (κ2) is 10.4. The molecule has 0 N–H and O–H groups in total. The molecule has 1 aliphatic heterocycles. The zero-order valence-corrected chi connectivity index (χ0v) is 20.9. The number of ether oxygens (including phenoxy) is 2. The van der Waals surface area contributed by atoms with Crippen molar-refractivity contribution in [3.63, 3.8) is 0 Å². The Hall–Kier alpha value is -3.22. The molecular formula is C31H31BO4. The molecule has 0 bridgehead atoms. The quantitative estimate of drug-likeness (QED) is 0.288. The SMILES string of the molecule is COC(c1ccccc1)(c1ccccc1)[C@H]1OB(C)O[C@@H]1C(OC)(c1ccccc1)c1ccccc1. The molecule has 0 aliphatic carbocycles. The first-order chi connectivity index (χ1) is 17.7. The molecule has 5 heteroatoms. The van der Waals surface area contributed by atoms with E-state index in [1.807, 2.05) is 79.6 Å². The Kier molecular flexibility index (Phi) is 7.08. The van der Waals surface area contributed by atoms with Gasteiger partial charge in [-0.1, -0.05) is 121 Å². The molecule has 1 fully saturated rings. The topological polar surface area (TPSA) is 36.9 Å². The lowest BCUT2D eigenvalue weighted by Crippen LogP contribution is -2.56. The van der Waals surface area contributed by atoms with Crippen LogP contribution >= 0.6 is 0 Å².